The van der Waals surface area contributed by atoms with E-state index in [0.717, 1.165) is 30.4 Å². The lowest BCUT2D eigenvalue weighted by Crippen LogP contribution is -2.49. The van der Waals surface area contributed by atoms with Gasteiger partial charge in [0.25, 0.3) is 5.69 Å². The number of rotatable bonds is 6. The van der Waals surface area contributed by atoms with Gasteiger partial charge < -0.3 is 10.2 Å². The highest BCUT2D eigenvalue weighted by Gasteiger charge is 2.22. The number of nitrogens with zero attached hydrogens (tertiary/aromatic N) is 5. The van der Waals surface area contributed by atoms with Gasteiger partial charge >= 0.3 is 0 Å². The fourth-order valence-electron chi connectivity index (χ4n) is 3.26. The van der Waals surface area contributed by atoms with E-state index in [1.807, 2.05) is 17.9 Å². The van der Waals surface area contributed by atoms with Crippen LogP contribution in [0.25, 0.3) is 0 Å². The Kier molecular flexibility index (Phi) is 6.38. The molecule has 1 N–H and O–H groups in total. The largest absolute Gasteiger partial charge is 0.354 e. The van der Waals surface area contributed by atoms with Crippen LogP contribution in [0, 0.1) is 17.0 Å². The van der Waals surface area contributed by atoms with Gasteiger partial charge in [-0.25, -0.2) is 9.97 Å². The predicted molar refractivity (Wildman–Crippen MR) is 111 cm³/mol. The van der Waals surface area contributed by atoms with Crippen molar-refractivity contribution in [3.63, 3.8) is 0 Å². The topological polar surface area (TPSA) is 104 Å². The van der Waals surface area contributed by atoms with Crippen molar-refractivity contribution in [1.82, 2.24) is 14.9 Å². The number of aromatic nitrogens is 2. The molecule has 29 heavy (non-hydrogen) atoms. The third-order valence-electron chi connectivity index (χ3n) is 4.81. The molecule has 0 bridgehead atoms. The summed E-state index contributed by atoms with van der Waals surface area (Å²) in [5.74, 6) is 1.77. The van der Waals surface area contributed by atoms with E-state index in [0.29, 0.717) is 13.1 Å². The lowest BCUT2D eigenvalue weighted by Gasteiger charge is -2.35. The number of carbonyl (C=O) groups excluding carboxylic acids is 1. The zero-order chi connectivity index (χ0) is 21.0. The van der Waals surface area contributed by atoms with Crippen molar-refractivity contribution in [1.29, 1.82) is 0 Å². The molecule has 154 valence electrons. The first kappa shape index (κ1) is 20.7. The molecule has 1 aliphatic heterocycles. The van der Waals surface area contributed by atoms with Crippen molar-refractivity contribution in [2.75, 3.05) is 42.9 Å². The first-order valence-electron chi connectivity index (χ1n) is 9.69. The molecular formula is C20H26N6O3. The van der Waals surface area contributed by atoms with Gasteiger partial charge in [-0.3, -0.25) is 19.8 Å². The summed E-state index contributed by atoms with van der Waals surface area (Å²) in [6.45, 7) is 9.26. The minimum Gasteiger partial charge on any atom is -0.354 e. The Morgan fingerprint density at radius 1 is 1.21 bits per heavy atom. The van der Waals surface area contributed by atoms with Gasteiger partial charge in [-0.05, 0) is 13.0 Å². The molecule has 0 spiro atoms. The number of nitrogens with one attached hydrogen (secondary N) is 1. The highest BCUT2D eigenvalue weighted by atomic mass is 16.6. The smallest absolute Gasteiger partial charge is 0.292 e. The zero-order valence-electron chi connectivity index (χ0n) is 17.0. The lowest BCUT2D eigenvalue weighted by molar-refractivity contribution is -0.383. The highest BCUT2D eigenvalue weighted by Crippen LogP contribution is 2.23. The van der Waals surface area contributed by atoms with Crippen molar-refractivity contribution in [3.8, 4) is 0 Å². The Labute approximate surface area is 169 Å². The van der Waals surface area contributed by atoms with Crippen LogP contribution >= 0.6 is 0 Å². The van der Waals surface area contributed by atoms with E-state index in [2.05, 4.69) is 34.0 Å². The number of anilines is 2. The minimum absolute atomic E-state index is 0.106. The van der Waals surface area contributed by atoms with Gasteiger partial charge in [-0.2, -0.15) is 0 Å². The Hall–Kier alpha value is -3.07. The van der Waals surface area contributed by atoms with Crippen LogP contribution in [0.3, 0.4) is 0 Å². The van der Waals surface area contributed by atoms with E-state index in [4.69, 9.17) is 0 Å². The monoisotopic (exact) mass is 398 g/mol. The number of hydrogen-bond acceptors (Lipinski definition) is 7. The fraction of sp³-hybridized carbons (Fsp3) is 0.450. The Bertz CT molecular complexity index is 894. The normalized spacial score (nSPS) is 14.8. The SMILES string of the molecule is Cc1cc(N2CCN(CC(=O)Nc3ccccc3[N+](=O)[O-])CC2)nc(C(C)C)n1. The molecule has 0 atom stereocenters. The van der Waals surface area contributed by atoms with E-state index in [-0.39, 0.29) is 29.7 Å². The summed E-state index contributed by atoms with van der Waals surface area (Å²) in [6, 6.07) is 8.15. The summed E-state index contributed by atoms with van der Waals surface area (Å²) in [7, 11) is 0. The van der Waals surface area contributed by atoms with Crippen molar-refractivity contribution in [2.24, 2.45) is 0 Å². The fourth-order valence-corrected chi connectivity index (χ4v) is 3.26. The lowest BCUT2D eigenvalue weighted by atomic mass is 10.2. The minimum atomic E-state index is -0.497. The molecular weight excluding hydrogens is 372 g/mol. The van der Waals surface area contributed by atoms with Crippen LogP contribution in [-0.4, -0.2) is 58.4 Å². The van der Waals surface area contributed by atoms with Crippen LogP contribution in [0.1, 0.15) is 31.3 Å². The molecule has 1 fully saturated rings. The molecule has 1 aromatic carbocycles. The molecule has 3 rings (SSSR count). The standard InChI is InChI=1S/C20H26N6O3/c1-14(2)20-21-15(3)12-18(23-20)25-10-8-24(9-11-25)13-19(27)22-16-6-4-5-7-17(16)26(28)29/h4-7,12,14H,8-11,13H2,1-3H3,(H,22,27). The summed E-state index contributed by atoms with van der Waals surface area (Å²) in [4.78, 5) is 36.4. The van der Waals surface area contributed by atoms with Gasteiger partial charge in [0, 0.05) is 49.9 Å². The van der Waals surface area contributed by atoms with Crippen LogP contribution in [0.2, 0.25) is 0 Å². The molecule has 9 heteroatoms. The molecule has 0 unspecified atom stereocenters. The number of nitro benzene ring substituents is 1. The quantitative estimate of drug-likeness (QED) is 0.589. The number of aryl methyl sites for hydroxylation is 1. The number of piperazine rings is 1. The second-order valence-corrected chi connectivity index (χ2v) is 7.47. The number of carbonyl (C=O) groups is 1. The molecule has 2 aromatic rings. The predicted octanol–water partition coefficient (Wildman–Crippen LogP) is 2.58. The summed E-state index contributed by atoms with van der Waals surface area (Å²) >= 11 is 0. The van der Waals surface area contributed by atoms with Gasteiger partial charge in [0.15, 0.2) is 0 Å². The molecule has 1 aliphatic rings. The van der Waals surface area contributed by atoms with Crippen LogP contribution < -0.4 is 10.2 Å². The molecule has 2 heterocycles. The molecule has 0 aliphatic carbocycles. The number of benzene rings is 1. The maximum atomic E-state index is 12.4. The van der Waals surface area contributed by atoms with Gasteiger partial charge in [-0.1, -0.05) is 26.0 Å². The second kappa shape index (κ2) is 8.95. The van der Waals surface area contributed by atoms with Crippen LogP contribution in [-0.2, 0) is 4.79 Å². The third kappa shape index (κ3) is 5.26. The van der Waals surface area contributed by atoms with Crippen LogP contribution in [0.5, 0.6) is 0 Å². The molecule has 0 radical (unpaired) electrons. The van der Waals surface area contributed by atoms with Crippen molar-refractivity contribution in [3.05, 3.63) is 52.0 Å². The van der Waals surface area contributed by atoms with E-state index in [9.17, 15) is 14.9 Å². The van der Waals surface area contributed by atoms with E-state index >= 15 is 0 Å². The van der Waals surface area contributed by atoms with Gasteiger partial charge in [0.2, 0.25) is 5.91 Å². The Balaban J connectivity index is 1.56. The second-order valence-electron chi connectivity index (χ2n) is 7.47. The average molecular weight is 398 g/mol. The van der Waals surface area contributed by atoms with Crippen LogP contribution in [0.4, 0.5) is 17.2 Å². The third-order valence-corrected chi connectivity index (χ3v) is 4.81. The van der Waals surface area contributed by atoms with Crippen molar-refractivity contribution in [2.45, 2.75) is 26.7 Å². The molecule has 1 saturated heterocycles. The maximum Gasteiger partial charge on any atom is 0.292 e. The highest BCUT2D eigenvalue weighted by molar-refractivity contribution is 5.94. The molecule has 1 amide bonds. The van der Waals surface area contributed by atoms with Crippen molar-refractivity contribution < 1.29 is 9.72 Å². The molecule has 9 nitrogen and oxygen atoms in total. The van der Waals surface area contributed by atoms with Gasteiger partial charge in [0.05, 0.1) is 11.5 Å². The van der Waals surface area contributed by atoms with Crippen LogP contribution in [0.15, 0.2) is 30.3 Å². The molecule has 1 aromatic heterocycles. The van der Waals surface area contributed by atoms with E-state index in [1.165, 1.54) is 12.1 Å². The maximum absolute atomic E-state index is 12.4. The summed E-state index contributed by atoms with van der Waals surface area (Å²) in [6.07, 6.45) is 0. The van der Waals surface area contributed by atoms with Crippen molar-refractivity contribution >= 4 is 23.1 Å². The van der Waals surface area contributed by atoms with Gasteiger partial charge in [-0.15, -0.1) is 0 Å². The molecule has 0 saturated carbocycles. The number of nitro groups is 1. The first-order chi connectivity index (χ1) is 13.8. The van der Waals surface area contributed by atoms with E-state index < -0.39 is 4.92 Å². The zero-order valence-corrected chi connectivity index (χ0v) is 17.0. The Morgan fingerprint density at radius 3 is 2.55 bits per heavy atom. The summed E-state index contributed by atoms with van der Waals surface area (Å²) in [5.41, 5.74) is 1.06. The van der Waals surface area contributed by atoms with Gasteiger partial charge in [0.1, 0.15) is 17.3 Å². The van der Waals surface area contributed by atoms with E-state index in [1.54, 1.807) is 12.1 Å². The summed E-state index contributed by atoms with van der Waals surface area (Å²) < 4.78 is 0. The Morgan fingerprint density at radius 2 is 1.90 bits per heavy atom. The number of para-hydroxylation sites is 2. The number of hydrogen-bond donors (Lipinski definition) is 1. The summed E-state index contributed by atoms with van der Waals surface area (Å²) in [5, 5.41) is 13.7. The first-order valence-corrected chi connectivity index (χ1v) is 9.69. The number of amides is 1. The average Bonchev–Trinajstić information content (AvgIpc) is 2.68.